The molecule has 1 saturated carbocycles. The Morgan fingerprint density at radius 3 is 2.75 bits per heavy atom. The van der Waals surface area contributed by atoms with E-state index in [0.29, 0.717) is 6.42 Å². The fraction of sp³-hybridized carbons (Fsp3) is 0.562. The molecule has 1 heterocycles. The Kier molecular flexibility index (Phi) is 3.52. The molecule has 4 heteroatoms. The molecule has 108 valence electrons. The molecule has 1 aromatic carbocycles. The van der Waals surface area contributed by atoms with Crippen LogP contribution in [-0.4, -0.2) is 34.0 Å². The number of carbonyl (C=O) groups is 1. The van der Waals surface area contributed by atoms with Crippen LogP contribution in [0.25, 0.3) is 0 Å². The SMILES string of the molecule is NC1(C(=O)N2CCCC2CC(O)c2ccccc2)CC1. The molecular weight excluding hydrogens is 252 g/mol. The van der Waals surface area contributed by atoms with Crippen LogP contribution in [0.1, 0.15) is 43.8 Å². The molecule has 0 radical (unpaired) electrons. The number of hydrogen-bond acceptors (Lipinski definition) is 3. The molecule has 0 bridgehead atoms. The lowest BCUT2D eigenvalue weighted by Crippen LogP contribution is -2.48. The number of benzene rings is 1. The van der Waals surface area contributed by atoms with Crippen LogP contribution in [-0.2, 0) is 4.79 Å². The molecule has 2 aliphatic rings. The number of likely N-dealkylation sites (tertiary alicyclic amines) is 1. The number of carbonyl (C=O) groups excluding carboxylic acids is 1. The largest absolute Gasteiger partial charge is 0.388 e. The first-order chi connectivity index (χ1) is 9.60. The van der Waals surface area contributed by atoms with Crippen molar-refractivity contribution in [3.8, 4) is 0 Å². The Balaban J connectivity index is 1.66. The van der Waals surface area contributed by atoms with E-state index in [4.69, 9.17) is 5.73 Å². The molecule has 3 rings (SSSR count). The highest BCUT2D eigenvalue weighted by molar-refractivity contribution is 5.89. The van der Waals surface area contributed by atoms with E-state index in [1.54, 1.807) is 0 Å². The van der Waals surface area contributed by atoms with Gasteiger partial charge in [0.05, 0.1) is 11.6 Å². The highest BCUT2D eigenvalue weighted by atomic mass is 16.3. The van der Waals surface area contributed by atoms with Gasteiger partial charge in [0.2, 0.25) is 5.91 Å². The van der Waals surface area contributed by atoms with Gasteiger partial charge in [-0.05, 0) is 37.7 Å². The van der Waals surface area contributed by atoms with Crippen LogP contribution >= 0.6 is 0 Å². The maximum atomic E-state index is 12.4. The van der Waals surface area contributed by atoms with Gasteiger partial charge >= 0.3 is 0 Å². The van der Waals surface area contributed by atoms with Gasteiger partial charge in [0, 0.05) is 12.6 Å². The zero-order valence-electron chi connectivity index (χ0n) is 11.7. The second-order valence-corrected chi connectivity index (χ2v) is 6.11. The molecule has 4 nitrogen and oxygen atoms in total. The Hall–Kier alpha value is -1.39. The van der Waals surface area contributed by atoms with E-state index < -0.39 is 11.6 Å². The van der Waals surface area contributed by atoms with Crippen molar-refractivity contribution in [3.05, 3.63) is 35.9 Å². The third-order valence-corrected chi connectivity index (χ3v) is 4.53. The standard InChI is InChI=1S/C16H22N2O2/c17-16(8-9-16)15(20)18-10-4-7-13(18)11-14(19)12-5-2-1-3-6-12/h1-3,5-6,13-14,19H,4,7-11,17H2. The lowest BCUT2D eigenvalue weighted by atomic mass is 10.00. The van der Waals surface area contributed by atoms with E-state index in [9.17, 15) is 9.90 Å². The molecular formula is C16H22N2O2. The minimum absolute atomic E-state index is 0.0836. The van der Waals surface area contributed by atoms with Crippen LogP contribution in [0.15, 0.2) is 30.3 Å². The second kappa shape index (κ2) is 5.19. The summed E-state index contributed by atoms with van der Waals surface area (Å²) in [5.41, 5.74) is 6.34. The van der Waals surface area contributed by atoms with Gasteiger partial charge in [-0.1, -0.05) is 30.3 Å². The van der Waals surface area contributed by atoms with Crippen molar-refractivity contribution in [1.82, 2.24) is 4.90 Å². The normalized spacial score (nSPS) is 25.5. The summed E-state index contributed by atoms with van der Waals surface area (Å²) in [4.78, 5) is 14.3. The summed E-state index contributed by atoms with van der Waals surface area (Å²) in [5, 5.41) is 10.3. The van der Waals surface area contributed by atoms with E-state index in [1.807, 2.05) is 35.2 Å². The van der Waals surface area contributed by atoms with Crippen LogP contribution in [0, 0.1) is 0 Å². The van der Waals surface area contributed by atoms with Gasteiger partial charge in [0.1, 0.15) is 0 Å². The average Bonchev–Trinajstić information content (AvgIpc) is 3.06. The van der Waals surface area contributed by atoms with Gasteiger partial charge < -0.3 is 15.7 Å². The van der Waals surface area contributed by atoms with Crippen LogP contribution in [0.2, 0.25) is 0 Å². The molecule has 20 heavy (non-hydrogen) atoms. The van der Waals surface area contributed by atoms with Gasteiger partial charge in [0.15, 0.2) is 0 Å². The van der Waals surface area contributed by atoms with Crippen LogP contribution in [0.4, 0.5) is 0 Å². The summed E-state index contributed by atoms with van der Waals surface area (Å²) < 4.78 is 0. The minimum Gasteiger partial charge on any atom is -0.388 e. The van der Waals surface area contributed by atoms with Gasteiger partial charge in [-0.2, -0.15) is 0 Å². The first-order valence-corrected chi connectivity index (χ1v) is 7.43. The van der Waals surface area contributed by atoms with Crippen molar-refractivity contribution >= 4 is 5.91 Å². The predicted octanol–water partition coefficient (Wildman–Crippen LogP) is 1.59. The van der Waals surface area contributed by atoms with E-state index in [1.165, 1.54) is 0 Å². The third-order valence-electron chi connectivity index (χ3n) is 4.53. The Morgan fingerprint density at radius 1 is 1.40 bits per heavy atom. The topological polar surface area (TPSA) is 66.6 Å². The lowest BCUT2D eigenvalue weighted by Gasteiger charge is -2.29. The number of nitrogens with zero attached hydrogens (tertiary/aromatic N) is 1. The lowest BCUT2D eigenvalue weighted by molar-refractivity contribution is -0.134. The molecule has 3 N–H and O–H groups in total. The quantitative estimate of drug-likeness (QED) is 0.876. The molecule has 0 spiro atoms. The summed E-state index contributed by atoms with van der Waals surface area (Å²) in [6, 6.07) is 9.77. The van der Waals surface area contributed by atoms with E-state index >= 15 is 0 Å². The van der Waals surface area contributed by atoms with E-state index in [0.717, 1.165) is 37.8 Å². The van der Waals surface area contributed by atoms with Crippen molar-refractivity contribution in [3.63, 3.8) is 0 Å². The smallest absolute Gasteiger partial charge is 0.242 e. The number of hydrogen-bond donors (Lipinski definition) is 2. The first-order valence-electron chi connectivity index (χ1n) is 7.43. The van der Waals surface area contributed by atoms with Crippen LogP contribution in [0.3, 0.4) is 0 Å². The zero-order valence-corrected chi connectivity index (χ0v) is 11.7. The third kappa shape index (κ3) is 2.58. The first kappa shape index (κ1) is 13.6. The highest BCUT2D eigenvalue weighted by Crippen LogP contribution is 2.37. The highest BCUT2D eigenvalue weighted by Gasteiger charge is 2.50. The Bertz CT molecular complexity index is 485. The van der Waals surface area contributed by atoms with Gasteiger partial charge in [-0.3, -0.25) is 4.79 Å². The number of rotatable bonds is 4. The van der Waals surface area contributed by atoms with Crippen molar-refractivity contribution in [1.29, 1.82) is 0 Å². The van der Waals surface area contributed by atoms with Crippen molar-refractivity contribution in [2.45, 2.75) is 49.8 Å². The van der Waals surface area contributed by atoms with Crippen LogP contribution in [0.5, 0.6) is 0 Å². The summed E-state index contributed by atoms with van der Waals surface area (Å²) in [6.45, 7) is 0.782. The summed E-state index contributed by atoms with van der Waals surface area (Å²) in [6.07, 6.45) is 3.67. The molecule has 1 amide bonds. The average molecular weight is 274 g/mol. The van der Waals surface area contributed by atoms with Crippen molar-refractivity contribution in [2.75, 3.05) is 6.54 Å². The zero-order chi connectivity index (χ0) is 14.2. The number of aliphatic hydroxyl groups excluding tert-OH is 1. The molecule has 2 unspecified atom stereocenters. The summed E-state index contributed by atoms with van der Waals surface area (Å²) in [7, 11) is 0. The Morgan fingerprint density at radius 2 is 2.10 bits per heavy atom. The van der Waals surface area contributed by atoms with Crippen molar-refractivity contribution in [2.24, 2.45) is 5.73 Å². The van der Waals surface area contributed by atoms with Gasteiger partial charge in [-0.15, -0.1) is 0 Å². The predicted molar refractivity (Wildman–Crippen MR) is 76.9 cm³/mol. The second-order valence-electron chi connectivity index (χ2n) is 6.11. The minimum atomic E-state index is -0.597. The fourth-order valence-corrected chi connectivity index (χ4v) is 3.05. The van der Waals surface area contributed by atoms with Gasteiger partial charge in [-0.25, -0.2) is 0 Å². The molecule has 1 saturated heterocycles. The van der Waals surface area contributed by atoms with E-state index in [2.05, 4.69) is 0 Å². The van der Waals surface area contributed by atoms with E-state index in [-0.39, 0.29) is 11.9 Å². The Labute approximate surface area is 119 Å². The number of nitrogens with two attached hydrogens (primary N) is 1. The summed E-state index contributed by atoms with van der Waals surface area (Å²) in [5.74, 6) is 0.0836. The maximum Gasteiger partial charge on any atom is 0.242 e. The monoisotopic (exact) mass is 274 g/mol. The number of amides is 1. The summed E-state index contributed by atoms with van der Waals surface area (Å²) >= 11 is 0. The van der Waals surface area contributed by atoms with Crippen molar-refractivity contribution < 1.29 is 9.90 Å². The van der Waals surface area contributed by atoms with Gasteiger partial charge in [0.25, 0.3) is 0 Å². The molecule has 2 atom stereocenters. The molecule has 0 aromatic heterocycles. The molecule has 1 aliphatic carbocycles. The maximum absolute atomic E-state index is 12.4. The molecule has 1 aliphatic heterocycles. The fourth-order valence-electron chi connectivity index (χ4n) is 3.05. The number of aliphatic hydroxyl groups is 1. The van der Waals surface area contributed by atoms with Crippen LogP contribution < -0.4 is 5.73 Å². The molecule has 1 aromatic rings. The molecule has 2 fully saturated rings.